The molecule has 0 fully saturated rings. The molecule has 232 valence electrons. The Morgan fingerprint density at radius 1 is 0.643 bits per heavy atom. The van der Waals surface area contributed by atoms with Crippen molar-refractivity contribution in [2.45, 2.75) is 53.6 Å². The third kappa shape index (κ3) is 14.2. The number of esters is 2. The summed E-state index contributed by atoms with van der Waals surface area (Å²) in [4.78, 5) is 24.7. The Morgan fingerprint density at radius 2 is 0.952 bits per heavy atom. The maximum Gasteiger partial charge on any atom is 0.331 e. The molecule has 2 aromatic rings. The lowest BCUT2D eigenvalue weighted by atomic mass is 10.0. The number of hydrogen-bond donors (Lipinski definition) is 2. The summed E-state index contributed by atoms with van der Waals surface area (Å²) in [5, 5.41) is 0. The molecule has 0 aliphatic carbocycles. The second kappa shape index (κ2) is 14.9. The van der Waals surface area contributed by atoms with E-state index in [2.05, 4.69) is 9.44 Å². The monoisotopic (exact) mass is 622 g/mol. The van der Waals surface area contributed by atoms with Crippen molar-refractivity contribution in [2.24, 2.45) is 10.8 Å². The summed E-state index contributed by atoms with van der Waals surface area (Å²) < 4.78 is 66.5. The van der Waals surface area contributed by atoms with E-state index in [0.29, 0.717) is 11.1 Å². The van der Waals surface area contributed by atoms with Gasteiger partial charge in [-0.3, -0.25) is 0 Å². The predicted octanol–water partition coefficient (Wildman–Crippen LogP) is 4.04. The molecule has 0 amide bonds. The third-order valence-corrected chi connectivity index (χ3v) is 9.21. The zero-order chi connectivity index (χ0) is 31.6. The molecule has 0 aliphatic heterocycles. The van der Waals surface area contributed by atoms with Gasteiger partial charge in [0.05, 0.1) is 23.6 Å². The maximum atomic E-state index is 12.7. The zero-order valence-electron chi connectivity index (χ0n) is 25.0. The lowest BCUT2D eigenvalue weighted by Gasteiger charge is -2.23. The SMILES string of the molecule is CC(C)(C)CS(=O)(=O)N[C@@H](COC(=O)/C=C/C(=O)OC[C@H](NS(=O)(=O)CC(C)(C)C)c1ccccc1)c1ccccc1. The average molecular weight is 623 g/mol. The predicted molar refractivity (Wildman–Crippen MR) is 162 cm³/mol. The molecule has 42 heavy (non-hydrogen) atoms. The van der Waals surface area contributed by atoms with Crippen molar-refractivity contribution in [3.05, 3.63) is 83.9 Å². The van der Waals surface area contributed by atoms with Crippen LogP contribution >= 0.6 is 0 Å². The fraction of sp³-hybridized carbons (Fsp3) is 0.467. The van der Waals surface area contributed by atoms with Crippen LogP contribution in [0.5, 0.6) is 0 Å². The van der Waals surface area contributed by atoms with E-state index in [4.69, 9.17) is 9.47 Å². The van der Waals surface area contributed by atoms with E-state index in [-0.39, 0.29) is 24.7 Å². The molecule has 0 saturated heterocycles. The summed E-state index contributed by atoms with van der Waals surface area (Å²) in [5.41, 5.74) is 0.233. The van der Waals surface area contributed by atoms with Gasteiger partial charge in [-0.1, -0.05) is 102 Å². The van der Waals surface area contributed by atoms with Crippen LogP contribution in [-0.2, 0) is 39.1 Å². The molecule has 2 atom stereocenters. The Bertz CT molecular complexity index is 1300. The Labute approximate surface area is 250 Å². The molecule has 12 heteroatoms. The van der Waals surface area contributed by atoms with Gasteiger partial charge < -0.3 is 9.47 Å². The normalized spacial score (nSPS) is 14.3. The summed E-state index contributed by atoms with van der Waals surface area (Å²) in [6.07, 6.45) is 1.74. The number of hydrogen-bond acceptors (Lipinski definition) is 8. The van der Waals surface area contributed by atoms with Crippen LogP contribution < -0.4 is 9.44 Å². The Balaban J connectivity index is 2.03. The van der Waals surface area contributed by atoms with Crippen LogP contribution in [-0.4, -0.2) is 53.5 Å². The lowest BCUT2D eigenvalue weighted by Crippen LogP contribution is -2.37. The number of carbonyl (C=O) groups is 2. The summed E-state index contributed by atoms with van der Waals surface area (Å²) in [7, 11) is -7.41. The molecule has 0 aromatic heterocycles. The van der Waals surface area contributed by atoms with Gasteiger partial charge in [0, 0.05) is 12.2 Å². The first-order valence-corrected chi connectivity index (χ1v) is 16.8. The van der Waals surface area contributed by atoms with E-state index in [0.717, 1.165) is 12.2 Å². The van der Waals surface area contributed by atoms with Crippen LogP contribution in [0.25, 0.3) is 0 Å². The van der Waals surface area contributed by atoms with Crippen LogP contribution in [0.4, 0.5) is 0 Å². The minimum Gasteiger partial charge on any atom is -0.460 e. The summed E-state index contributed by atoms with van der Waals surface area (Å²) >= 11 is 0. The zero-order valence-corrected chi connectivity index (χ0v) is 26.6. The van der Waals surface area contributed by atoms with Gasteiger partial charge in [-0.05, 0) is 22.0 Å². The number of sulfonamides is 2. The van der Waals surface area contributed by atoms with Gasteiger partial charge in [0.25, 0.3) is 0 Å². The molecule has 0 heterocycles. The molecule has 2 N–H and O–H groups in total. The van der Waals surface area contributed by atoms with Crippen molar-refractivity contribution >= 4 is 32.0 Å². The molecule has 0 radical (unpaired) electrons. The smallest absolute Gasteiger partial charge is 0.331 e. The largest absolute Gasteiger partial charge is 0.460 e. The van der Waals surface area contributed by atoms with Gasteiger partial charge >= 0.3 is 11.9 Å². The number of rotatable bonds is 14. The van der Waals surface area contributed by atoms with Crippen LogP contribution in [0.1, 0.15) is 64.8 Å². The highest BCUT2D eigenvalue weighted by molar-refractivity contribution is 7.89. The minimum absolute atomic E-state index is 0.126. The third-order valence-electron chi connectivity index (χ3n) is 5.43. The van der Waals surface area contributed by atoms with Gasteiger partial charge in [-0.25, -0.2) is 35.9 Å². The van der Waals surface area contributed by atoms with Gasteiger partial charge in [-0.15, -0.1) is 0 Å². The van der Waals surface area contributed by atoms with Crippen LogP contribution in [0.2, 0.25) is 0 Å². The van der Waals surface area contributed by atoms with Crippen molar-refractivity contribution in [1.82, 2.24) is 9.44 Å². The highest BCUT2D eigenvalue weighted by Gasteiger charge is 2.27. The number of nitrogens with one attached hydrogen (secondary N) is 2. The van der Waals surface area contributed by atoms with E-state index >= 15 is 0 Å². The molecule has 0 spiro atoms. The number of carbonyl (C=O) groups excluding carboxylic acids is 2. The number of ether oxygens (including phenoxy) is 2. The Morgan fingerprint density at radius 3 is 1.24 bits per heavy atom. The molecule has 10 nitrogen and oxygen atoms in total. The fourth-order valence-corrected chi connectivity index (χ4v) is 7.71. The van der Waals surface area contributed by atoms with Crippen molar-refractivity contribution < 1.29 is 35.9 Å². The molecule has 0 unspecified atom stereocenters. The second-order valence-electron chi connectivity index (χ2n) is 12.4. The van der Waals surface area contributed by atoms with Crippen molar-refractivity contribution in [2.75, 3.05) is 24.7 Å². The summed E-state index contributed by atoms with van der Waals surface area (Å²) in [5.74, 6) is -2.01. The van der Waals surface area contributed by atoms with Crippen LogP contribution in [0, 0.1) is 10.8 Å². The molecule has 0 saturated carbocycles. The van der Waals surface area contributed by atoms with Crippen LogP contribution in [0.15, 0.2) is 72.8 Å². The van der Waals surface area contributed by atoms with E-state index in [1.165, 1.54) is 0 Å². The van der Waals surface area contributed by atoms with E-state index < -0.39 is 54.9 Å². The molecule has 2 aromatic carbocycles. The van der Waals surface area contributed by atoms with E-state index in [1.807, 2.05) is 0 Å². The van der Waals surface area contributed by atoms with E-state index in [9.17, 15) is 26.4 Å². The standard InChI is InChI=1S/C30H42N2O8S2/c1-29(2,3)21-41(35,36)31-25(23-13-9-7-10-14-23)19-39-27(33)17-18-28(34)40-20-26(24-15-11-8-12-16-24)32-42(37,38)22-30(4,5)6/h7-18,25-26,31-32H,19-22H2,1-6H3/b18-17+/t25-,26-/m0/s1. The maximum absolute atomic E-state index is 12.7. The van der Waals surface area contributed by atoms with Crippen LogP contribution in [0.3, 0.4) is 0 Å². The molecular formula is C30H42N2O8S2. The molecular weight excluding hydrogens is 580 g/mol. The highest BCUT2D eigenvalue weighted by atomic mass is 32.2. The van der Waals surface area contributed by atoms with Gasteiger partial charge in [0.15, 0.2) is 0 Å². The quantitative estimate of drug-likeness (QED) is 0.237. The van der Waals surface area contributed by atoms with Crippen molar-refractivity contribution in [3.8, 4) is 0 Å². The number of benzene rings is 2. The first-order valence-electron chi connectivity index (χ1n) is 13.5. The Kier molecular flexibility index (Phi) is 12.5. The highest BCUT2D eigenvalue weighted by Crippen LogP contribution is 2.21. The molecule has 0 bridgehead atoms. The first-order chi connectivity index (χ1) is 19.3. The lowest BCUT2D eigenvalue weighted by molar-refractivity contribution is -0.141. The summed E-state index contributed by atoms with van der Waals surface area (Å²) in [6, 6.07) is 15.7. The van der Waals surface area contributed by atoms with Crippen molar-refractivity contribution in [1.29, 1.82) is 0 Å². The van der Waals surface area contributed by atoms with Crippen molar-refractivity contribution in [3.63, 3.8) is 0 Å². The average Bonchev–Trinajstić information content (AvgIpc) is 2.85. The first kappa shape index (κ1) is 35.1. The topological polar surface area (TPSA) is 145 Å². The van der Waals surface area contributed by atoms with Gasteiger partial charge in [0.2, 0.25) is 20.0 Å². The van der Waals surface area contributed by atoms with Gasteiger partial charge in [-0.2, -0.15) is 0 Å². The summed E-state index contributed by atoms with van der Waals surface area (Å²) in [6.45, 7) is 10.2. The van der Waals surface area contributed by atoms with Gasteiger partial charge in [0.1, 0.15) is 13.2 Å². The van der Waals surface area contributed by atoms with E-state index in [1.54, 1.807) is 102 Å². The molecule has 0 aliphatic rings. The fourth-order valence-electron chi connectivity index (χ4n) is 3.99. The second-order valence-corrected chi connectivity index (χ2v) is 15.9. The Hall–Kier alpha value is -3.06. The minimum atomic E-state index is -3.70. The molecule has 2 rings (SSSR count).